The van der Waals surface area contributed by atoms with Gasteiger partial charge in [-0.05, 0) is 0 Å². The molecule has 0 saturated heterocycles. The van der Waals surface area contributed by atoms with Gasteiger partial charge >= 0.3 is 15.6 Å². The van der Waals surface area contributed by atoms with Crippen LogP contribution in [0.2, 0.25) is 0 Å². The van der Waals surface area contributed by atoms with Gasteiger partial charge in [0.15, 0.2) is 0 Å². The number of alkyl halides is 2. The SMILES string of the molecule is CC(COP(=O)(O)OP(=O)(O)O)C(Cl)Cl. The molecule has 0 saturated carbocycles. The zero-order valence-electron chi connectivity index (χ0n) is 7.49. The molecule has 0 amide bonds. The van der Waals surface area contributed by atoms with Crippen LogP contribution >= 0.6 is 38.8 Å². The summed E-state index contributed by atoms with van der Waals surface area (Å²) in [5, 5.41) is 0. The first-order valence-electron chi connectivity index (χ1n) is 3.56. The molecule has 0 bridgehead atoms. The Morgan fingerprint density at radius 1 is 1.27 bits per heavy atom. The Balaban J connectivity index is 4.17. The molecule has 0 aliphatic rings. The average molecular weight is 303 g/mol. The molecule has 7 nitrogen and oxygen atoms in total. The molecule has 0 rings (SSSR count). The molecule has 0 radical (unpaired) electrons. The zero-order valence-corrected chi connectivity index (χ0v) is 10.8. The van der Waals surface area contributed by atoms with Crippen LogP contribution in [0.25, 0.3) is 0 Å². The van der Waals surface area contributed by atoms with Crippen LogP contribution in [0, 0.1) is 5.92 Å². The van der Waals surface area contributed by atoms with Crippen molar-refractivity contribution in [2.45, 2.75) is 11.8 Å². The van der Waals surface area contributed by atoms with Gasteiger partial charge in [-0.15, -0.1) is 23.2 Å². The Morgan fingerprint density at radius 3 is 2.07 bits per heavy atom. The lowest BCUT2D eigenvalue weighted by Crippen LogP contribution is -2.12. The maximum absolute atomic E-state index is 10.9. The van der Waals surface area contributed by atoms with Crippen LogP contribution in [0.1, 0.15) is 6.92 Å². The number of hydrogen-bond donors (Lipinski definition) is 3. The minimum absolute atomic E-state index is 0.370. The van der Waals surface area contributed by atoms with Gasteiger partial charge in [0.05, 0.1) is 6.61 Å². The van der Waals surface area contributed by atoms with E-state index in [9.17, 15) is 9.13 Å². The summed E-state index contributed by atoms with van der Waals surface area (Å²) in [5.74, 6) is -0.492. The van der Waals surface area contributed by atoms with E-state index in [0.717, 1.165) is 0 Å². The van der Waals surface area contributed by atoms with Gasteiger partial charge in [0.1, 0.15) is 4.84 Å². The number of rotatable bonds is 6. The van der Waals surface area contributed by atoms with E-state index >= 15 is 0 Å². The molecule has 0 aliphatic heterocycles. The highest BCUT2D eigenvalue weighted by Gasteiger charge is 2.33. The summed E-state index contributed by atoms with van der Waals surface area (Å²) in [6.45, 7) is 1.15. The average Bonchev–Trinajstić information content (AvgIpc) is 1.95. The minimum atomic E-state index is -5.07. The lowest BCUT2D eigenvalue weighted by Gasteiger charge is -2.16. The molecule has 15 heavy (non-hydrogen) atoms. The van der Waals surface area contributed by atoms with Crippen LogP contribution in [0.4, 0.5) is 0 Å². The van der Waals surface area contributed by atoms with Crippen LogP contribution in [-0.2, 0) is 18.0 Å². The van der Waals surface area contributed by atoms with Crippen molar-refractivity contribution in [1.29, 1.82) is 0 Å². The zero-order chi connectivity index (χ0) is 12.3. The molecule has 92 valence electrons. The van der Waals surface area contributed by atoms with Gasteiger partial charge in [-0.25, -0.2) is 9.13 Å². The third kappa shape index (κ3) is 8.63. The highest BCUT2D eigenvalue weighted by atomic mass is 35.5. The van der Waals surface area contributed by atoms with Crippen LogP contribution in [-0.4, -0.2) is 26.1 Å². The summed E-state index contributed by atoms with van der Waals surface area (Å²) in [7, 11) is -9.86. The maximum Gasteiger partial charge on any atom is 0.481 e. The monoisotopic (exact) mass is 302 g/mol. The van der Waals surface area contributed by atoms with Crippen molar-refractivity contribution in [2.24, 2.45) is 5.92 Å². The van der Waals surface area contributed by atoms with E-state index in [1.807, 2.05) is 0 Å². The first-order valence-corrected chi connectivity index (χ1v) is 7.46. The van der Waals surface area contributed by atoms with E-state index in [2.05, 4.69) is 8.83 Å². The van der Waals surface area contributed by atoms with Crippen molar-refractivity contribution in [2.75, 3.05) is 6.61 Å². The third-order valence-electron chi connectivity index (χ3n) is 1.14. The molecule has 0 aromatic rings. The Hall–Kier alpha value is 0.840. The van der Waals surface area contributed by atoms with Crippen molar-refractivity contribution in [1.82, 2.24) is 0 Å². The van der Waals surface area contributed by atoms with Crippen molar-refractivity contribution in [3.8, 4) is 0 Å². The second kappa shape index (κ2) is 5.96. The molecule has 2 atom stereocenters. The van der Waals surface area contributed by atoms with E-state index in [4.69, 9.17) is 37.9 Å². The molecule has 0 heterocycles. The molecule has 0 aromatic carbocycles. The quantitative estimate of drug-likeness (QED) is 0.505. The molecule has 0 aromatic heterocycles. The number of halogens is 2. The van der Waals surface area contributed by atoms with Crippen LogP contribution in [0.3, 0.4) is 0 Å². The van der Waals surface area contributed by atoms with Gasteiger partial charge in [-0.3, -0.25) is 4.52 Å². The molecule has 0 aliphatic carbocycles. The van der Waals surface area contributed by atoms with Crippen molar-refractivity contribution in [3.63, 3.8) is 0 Å². The minimum Gasteiger partial charge on any atom is -0.302 e. The van der Waals surface area contributed by atoms with Gasteiger partial charge < -0.3 is 14.7 Å². The van der Waals surface area contributed by atoms with Crippen molar-refractivity contribution < 1.29 is 32.6 Å². The first kappa shape index (κ1) is 15.8. The van der Waals surface area contributed by atoms with E-state index in [1.165, 1.54) is 6.92 Å². The number of hydrogen-bond acceptors (Lipinski definition) is 4. The summed E-state index contributed by atoms with van der Waals surface area (Å²) >= 11 is 10.8. The smallest absolute Gasteiger partial charge is 0.302 e. The van der Waals surface area contributed by atoms with E-state index in [1.54, 1.807) is 0 Å². The van der Waals surface area contributed by atoms with Gasteiger partial charge in [-0.1, -0.05) is 6.92 Å². The standard InChI is InChI=1S/C4H10Cl2O7P2/c1-3(4(5)6)2-12-15(10,11)13-14(7,8)9/h3-4H,2H2,1H3,(H,10,11)(H2,7,8,9). The second-order valence-corrected chi connectivity index (χ2v) is 6.64. The molecule has 2 unspecified atom stereocenters. The van der Waals surface area contributed by atoms with Crippen LogP contribution in [0.15, 0.2) is 0 Å². The lowest BCUT2D eigenvalue weighted by molar-refractivity contribution is 0.163. The summed E-state index contributed by atoms with van der Waals surface area (Å²) in [6.07, 6.45) is 0. The predicted octanol–water partition coefficient (Wildman–Crippen LogP) is 1.65. The summed E-state index contributed by atoms with van der Waals surface area (Å²) in [5.41, 5.74) is 0. The predicted molar refractivity (Wildman–Crippen MR) is 53.6 cm³/mol. The van der Waals surface area contributed by atoms with E-state index in [-0.39, 0.29) is 6.61 Å². The largest absolute Gasteiger partial charge is 0.481 e. The fraction of sp³-hybridized carbons (Fsp3) is 1.00. The number of phosphoric ester groups is 1. The van der Waals surface area contributed by atoms with Crippen molar-refractivity contribution in [3.05, 3.63) is 0 Å². The fourth-order valence-corrected chi connectivity index (χ4v) is 2.28. The Labute approximate surface area is 96.1 Å². The topological polar surface area (TPSA) is 113 Å². The molecule has 3 N–H and O–H groups in total. The van der Waals surface area contributed by atoms with E-state index < -0.39 is 26.4 Å². The third-order valence-corrected chi connectivity index (χ3v) is 4.15. The van der Waals surface area contributed by atoms with E-state index in [0.29, 0.717) is 0 Å². The molecule has 11 heteroatoms. The first-order chi connectivity index (χ1) is 6.53. The fourth-order valence-electron chi connectivity index (χ4n) is 0.442. The summed E-state index contributed by atoms with van der Waals surface area (Å²) in [6, 6.07) is 0. The lowest BCUT2D eigenvalue weighted by atomic mass is 10.2. The highest BCUT2D eigenvalue weighted by molar-refractivity contribution is 7.60. The van der Waals surface area contributed by atoms with Crippen LogP contribution < -0.4 is 0 Å². The highest BCUT2D eigenvalue weighted by Crippen LogP contribution is 2.57. The van der Waals surface area contributed by atoms with Gasteiger partial charge in [0, 0.05) is 5.92 Å². The van der Waals surface area contributed by atoms with Crippen LogP contribution in [0.5, 0.6) is 0 Å². The molecule has 0 spiro atoms. The molecule has 0 fully saturated rings. The van der Waals surface area contributed by atoms with Gasteiger partial charge in [0.25, 0.3) is 0 Å². The maximum atomic E-state index is 10.9. The summed E-state index contributed by atoms with van der Waals surface area (Å²) < 4.78 is 28.9. The molecular formula is C4H10Cl2O7P2. The number of phosphoric acid groups is 2. The normalized spacial score (nSPS) is 18.9. The Morgan fingerprint density at radius 2 is 1.73 bits per heavy atom. The second-order valence-electron chi connectivity index (χ2n) is 2.65. The Bertz CT molecular complexity index is 289. The summed E-state index contributed by atoms with van der Waals surface area (Å²) in [4.78, 5) is 24.5. The van der Waals surface area contributed by atoms with Gasteiger partial charge in [0.2, 0.25) is 0 Å². The Kier molecular flexibility index (Phi) is 6.29. The molecular weight excluding hydrogens is 293 g/mol. The van der Waals surface area contributed by atoms with Crippen molar-refractivity contribution >= 4 is 38.8 Å². The van der Waals surface area contributed by atoms with Gasteiger partial charge in [-0.2, -0.15) is 4.31 Å².